The second kappa shape index (κ2) is 6.24. The molecule has 0 N–H and O–H groups in total. The summed E-state index contributed by atoms with van der Waals surface area (Å²) in [6, 6.07) is 2.90. The van der Waals surface area contributed by atoms with Gasteiger partial charge in [-0.3, -0.25) is 0 Å². The maximum Gasteiger partial charge on any atom is 0.165 e. The predicted octanol–water partition coefficient (Wildman–Crippen LogP) is 3.18. The third kappa shape index (κ3) is 2.62. The molecule has 2 nitrogen and oxygen atoms in total. The van der Waals surface area contributed by atoms with Crippen molar-refractivity contribution in [1.82, 2.24) is 0 Å². The van der Waals surface area contributed by atoms with E-state index >= 15 is 0 Å². The van der Waals surface area contributed by atoms with Crippen molar-refractivity contribution >= 4 is 0 Å². The molecule has 0 spiro atoms. The molecule has 0 radical (unpaired) electrons. The van der Waals surface area contributed by atoms with Crippen LogP contribution in [-0.2, 0) is 0 Å². The molecule has 0 unspecified atom stereocenters. The lowest BCUT2D eigenvalue weighted by molar-refractivity contribution is 0.368. The highest BCUT2D eigenvalue weighted by atomic mass is 19.1. The summed E-state index contributed by atoms with van der Waals surface area (Å²) in [4.78, 5) is 0. The molecule has 0 amide bonds. The SMILES string of the molecule is CC.COc1ccc(F)c(OC)c1C. The molecule has 0 saturated carbocycles. The zero-order valence-corrected chi connectivity index (χ0v) is 9.35. The van der Waals surface area contributed by atoms with Crippen molar-refractivity contribution in [1.29, 1.82) is 0 Å². The maximum absolute atomic E-state index is 13.0. The first kappa shape index (κ1) is 12.8. The van der Waals surface area contributed by atoms with Crippen LogP contribution >= 0.6 is 0 Å². The van der Waals surface area contributed by atoms with Crippen molar-refractivity contribution < 1.29 is 13.9 Å². The van der Waals surface area contributed by atoms with Gasteiger partial charge in [0.15, 0.2) is 11.6 Å². The number of ether oxygens (including phenoxy) is 2. The lowest BCUT2D eigenvalue weighted by Gasteiger charge is -2.09. The van der Waals surface area contributed by atoms with Crippen molar-refractivity contribution in [2.45, 2.75) is 20.8 Å². The van der Waals surface area contributed by atoms with E-state index in [-0.39, 0.29) is 11.6 Å². The Hall–Kier alpha value is -1.25. The molecule has 0 aliphatic heterocycles. The molecule has 1 aromatic carbocycles. The van der Waals surface area contributed by atoms with Gasteiger partial charge in [0, 0.05) is 5.56 Å². The summed E-state index contributed by atoms with van der Waals surface area (Å²) in [6.07, 6.45) is 0. The molecule has 0 heterocycles. The molecule has 80 valence electrons. The molecule has 3 heteroatoms. The Balaban J connectivity index is 0.000000791. The number of methoxy groups -OCH3 is 2. The fourth-order valence-electron chi connectivity index (χ4n) is 1.11. The minimum Gasteiger partial charge on any atom is -0.496 e. The number of benzene rings is 1. The largest absolute Gasteiger partial charge is 0.496 e. The van der Waals surface area contributed by atoms with Crippen LogP contribution in [0.25, 0.3) is 0 Å². The van der Waals surface area contributed by atoms with Crippen LogP contribution in [0.3, 0.4) is 0 Å². The van der Waals surface area contributed by atoms with Crippen LogP contribution < -0.4 is 9.47 Å². The van der Waals surface area contributed by atoms with Crippen LogP contribution in [0.5, 0.6) is 11.5 Å². The van der Waals surface area contributed by atoms with E-state index < -0.39 is 0 Å². The first-order chi connectivity index (χ1) is 6.70. The van der Waals surface area contributed by atoms with Gasteiger partial charge in [-0.15, -0.1) is 0 Å². The van der Waals surface area contributed by atoms with Gasteiger partial charge in [0.1, 0.15) is 5.75 Å². The summed E-state index contributed by atoms with van der Waals surface area (Å²) >= 11 is 0. The molecular weight excluding hydrogens is 183 g/mol. The van der Waals surface area contributed by atoms with Crippen molar-refractivity contribution in [2.24, 2.45) is 0 Å². The number of hydrogen-bond donors (Lipinski definition) is 0. The van der Waals surface area contributed by atoms with E-state index in [1.165, 1.54) is 13.2 Å². The Morgan fingerprint density at radius 2 is 1.64 bits per heavy atom. The zero-order valence-electron chi connectivity index (χ0n) is 9.35. The van der Waals surface area contributed by atoms with E-state index in [2.05, 4.69) is 0 Å². The van der Waals surface area contributed by atoms with Gasteiger partial charge in [0.25, 0.3) is 0 Å². The van der Waals surface area contributed by atoms with Crippen LogP contribution in [0.1, 0.15) is 19.4 Å². The molecule has 0 aliphatic rings. The number of rotatable bonds is 2. The minimum absolute atomic E-state index is 0.245. The van der Waals surface area contributed by atoms with E-state index in [4.69, 9.17) is 9.47 Å². The summed E-state index contributed by atoms with van der Waals surface area (Å²) in [7, 11) is 2.98. The zero-order chi connectivity index (χ0) is 11.1. The Kier molecular flexibility index (Phi) is 5.68. The van der Waals surface area contributed by atoms with Crippen LogP contribution in [0.2, 0.25) is 0 Å². The Morgan fingerprint density at radius 3 is 2.07 bits per heavy atom. The summed E-state index contributed by atoms with van der Waals surface area (Å²) in [5.41, 5.74) is 0.681. The van der Waals surface area contributed by atoms with Gasteiger partial charge in [-0.1, -0.05) is 13.8 Å². The quantitative estimate of drug-likeness (QED) is 0.730. The standard InChI is InChI=1S/C9H11FO2.C2H6/c1-6-8(11-2)5-4-7(10)9(6)12-3;1-2/h4-5H,1-3H3;1-2H3. The molecule has 0 aliphatic carbocycles. The third-order valence-corrected chi connectivity index (χ3v) is 1.73. The Morgan fingerprint density at radius 1 is 1.07 bits per heavy atom. The van der Waals surface area contributed by atoms with E-state index in [0.29, 0.717) is 11.3 Å². The smallest absolute Gasteiger partial charge is 0.165 e. The molecule has 0 aromatic heterocycles. The molecule has 0 saturated heterocycles. The van der Waals surface area contributed by atoms with Crippen LogP contribution in [0.15, 0.2) is 12.1 Å². The maximum atomic E-state index is 13.0. The summed E-state index contributed by atoms with van der Waals surface area (Å²) in [6.45, 7) is 5.75. The van der Waals surface area contributed by atoms with Gasteiger partial charge in [-0.25, -0.2) is 4.39 Å². The summed E-state index contributed by atoms with van der Waals surface area (Å²) in [5, 5.41) is 0. The van der Waals surface area contributed by atoms with E-state index in [1.54, 1.807) is 20.1 Å². The third-order valence-electron chi connectivity index (χ3n) is 1.73. The average Bonchev–Trinajstić information content (AvgIpc) is 2.22. The Labute approximate surface area is 84.7 Å². The van der Waals surface area contributed by atoms with Gasteiger partial charge in [0.05, 0.1) is 14.2 Å². The van der Waals surface area contributed by atoms with E-state index in [1.807, 2.05) is 13.8 Å². The number of halogens is 1. The molecule has 14 heavy (non-hydrogen) atoms. The number of hydrogen-bond acceptors (Lipinski definition) is 2. The van der Waals surface area contributed by atoms with Crippen molar-refractivity contribution in [3.05, 3.63) is 23.5 Å². The second-order valence-electron chi connectivity index (χ2n) is 2.41. The highest BCUT2D eigenvalue weighted by Crippen LogP contribution is 2.29. The molecule has 1 rings (SSSR count). The molecule has 0 bridgehead atoms. The van der Waals surface area contributed by atoms with Gasteiger partial charge in [-0.05, 0) is 19.1 Å². The van der Waals surface area contributed by atoms with Gasteiger partial charge in [0.2, 0.25) is 0 Å². The van der Waals surface area contributed by atoms with Crippen molar-refractivity contribution in [2.75, 3.05) is 14.2 Å². The topological polar surface area (TPSA) is 18.5 Å². The molecule has 0 atom stereocenters. The van der Waals surface area contributed by atoms with Gasteiger partial charge < -0.3 is 9.47 Å². The van der Waals surface area contributed by atoms with E-state index in [0.717, 1.165) is 0 Å². The fourth-order valence-corrected chi connectivity index (χ4v) is 1.11. The highest BCUT2D eigenvalue weighted by Gasteiger charge is 2.09. The fraction of sp³-hybridized carbons (Fsp3) is 0.455. The first-order valence-electron chi connectivity index (χ1n) is 4.57. The van der Waals surface area contributed by atoms with Crippen LogP contribution in [-0.4, -0.2) is 14.2 Å². The average molecular weight is 200 g/mol. The highest BCUT2D eigenvalue weighted by molar-refractivity contribution is 5.44. The minimum atomic E-state index is -0.365. The summed E-state index contributed by atoms with van der Waals surface area (Å²) < 4.78 is 22.8. The van der Waals surface area contributed by atoms with Crippen LogP contribution in [0, 0.1) is 12.7 Å². The lowest BCUT2D eigenvalue weighted by Crippen LogP contribution is -1.94. The molecule has 1 aromatic rings. The molecule has 0 fully saturated rings. The van der Waals surface area contributed by atoms with Crippen molar-refractivity contribution in [3.63, 3.8) is 0 Å². The lowest BCUT2D eigenvalue weighted by atomic mass is 10.2. The second-order valence-corrected chi connectivity index (χ2v) is 2.41. The van der Waals surface area contributed by atoms with Crippen molar-refractivity contribution in [3.8, 4) is 11.5 Å². The predicted molar refractivity (Wildman–Crippen MR) is 55.6 cm³/mol. The van der Waals surface area contributed by atoms with E-state index in [9.17, 15) is 4.39 Å². The summed E-state index contributed by atoms with van der Waals surface area (Å²) in [5.74, 6) is 0.512. The normalized spacial score (nSPS) is 8.71. The van der Waals surface area contributed by atoms with Gasteiger partial charge >= 0.3 is 0 Å². The van der Waals surface area contributed by atoms with Crippen LogP contribution in [0.4, 0.5) is 4.39 Å². The first-order valence-corrected chi connectivity index (χ1v) is 4.57. The monoisotopic (exact) mass is 200 g/mol. The Bertz CT molecular complexity index is 285. The molecular formula is C11H17FO2. The van der Waals surface area contributed by atoms with Gasteiger partial charge in [-0.2, -0.15) is 0 Å².